The predicted molar refractivity (Wildman–Crippen MR) is 66.2 cm³/mol. The van der Waals surface area contributed by atoms with E-state index in [-0.39, 0.29) is 11.3 Å². The van der Waals surface area contributed by atoms with E-state index in [0.717, 1.165) is 0 Å². The molecule has 0 saturated heterocycles. The fourth-order valence-corrected chi connectivity index (χ4v) is 1.55. The Morgan fingerprint density at radius 3 is 2.68 bits per heavy atom. The quantitative estimate of drug-likeness (QED) is 0.717. The summed E-state index contributed by atoms with van der Waals surface area (Å²) < 4.78 is 1.46. The number of carbonyl (C=O) groups excluding carboxylic acids is 1. The monoisotopic (exact) mass is 261 g/mol. The molecule has 1 heterocycles. The second-order valence-electron chi connectivity index (χ2n) is 3.86. The topological polar surface area (TPSA) is 104 Å². The number of anilines is 1. The predicted octanol–water partition coefficient (Wildman–Crippen LogP) is 1.08. The van der Waals surface area contributed by atoms with Crippen molar-refractivity contribution >= 4 is 17.6 Å². The highest BCUT2D eigenvalue weighted by Crippen LogP contribution is 2.27. The number of nitrogens with one attached hydrogen (secondary N) is 1. The Morgan fingerprint density at radius 2 is 2.11 bits per heavy atom. The number of aromatic nitrogens is 2. The number of aryl methyl sites for hydroxylation is 1. The van der Waals surface area contributed by atoms with E-state index in [1.54, 1.807) is 7.05 Å². The molecule has 0 aliphatic rings. The van der Waals surface area contributed by atoms with Crippen molar-refractivity contribution in [3.05, 3.63) is 41.7 Å². The third-order valence-electron chi connectivity index (χ3n) is 2.48. The number of amides is 1. The molecule has 0 radical (unpaired) electrons. The third kappa shape index (κ3) is 2.54. The van der Waals surface area contributed by atoms with Crippen LogP contribution in [0.2, 0.25) is 0 Å². The van der Waals surface area contributed by atoms with Crippen LogP contribution in [0.3, 0.4) is 0 Å². The van der Waals surface area contributed by atoms with Crippen molar-refractivity contribution in [2.24, 2.45) is 7.05 Å². The number of aromatic hydroxyl groups is 1. The zero-order valence-electron chi connectivity index (χ0n) is 9.99. The molecule has 19 heavy (non-hydrogen) atoms. The summed E-state index contributed by atoms with van der Waals surface area (Å²) in [6.45, 7) is 0. The molecular formula is C12H11N3O4. The van der Waals surface area contributed by atoms with Crippen molar-refractivity contribution in [2.45, 2.75) is 0 Å². The fraction of sp³-hybridized carbons (Fsp3) is 0.0833. The average Bonchev–Trinajstić information content (AvgIpc) is 2.78. The molecule has 0 unspecified atom stereocenters. The molecule has 0 aliphatic carbocycles. The Morgan fingerprint density at radius 1 is 1.37 bits per heavy atom. The molecule has 1 aromatic heterocycles. The molecular weight excluding hydrogens is 250 g/mol. The zero-order chi connectivity index (χ0) is 14.0. The molecule has 0 saturated carbocycles. The van der Waals surface area contributed by atoms with Crippen molar-refractivity contribution in [1.82, 2.24) is 9.78 Å². The van der Waals surface area contributed by atoms with Gasteiger partial charge >= 0.3 is 5.97 Å². The number of nitrogens with zero attached hydrogens (tertiary/aromatic N) is 2. The van der Waals surface area contributed by atoms with Gasteiger partial charge in [-0.05, 0) is 12.1 Å². The summed E-state index contributed by atoms with van der Waals surface area (Å²) in [5.41, 5.74) is 0.0698. The summed E-state index contributed by atoms with van der Waals surface area (Å²) in [4.78, 5) is 22.7. The number of benzene rings is 1. The first-order valence-electron chi connectivity index (χ1n) is 5.34. The van der Waals surface area contributed by atoms with Crippen LogP contribution in [0.25, 0.3) is 0 Å². The van der Waals surface area contributed by atoms with Gasteiger partial charge in [0, 0.05) is 13.2 Å². The number of aromatic carboxylic acids is 1. The van der Waals surface area contributed by atoms with Gasteiger partial charge in [0.15, 0.2) is 5.75 Å². The molecule has 0 aliphatic heterocycles. The molecule has 3 N–H and O–H groups in total. The SMILES string of the molecule is Cn1cc(C(=O)Nc2cccc(C(=O)O)c2O)cn1. The molecule has 2 aromatic rings. The maximum atomic E-state index is 11.8. The number of rotatable bonds is 3. The summed E-state index contributed by atoms with van der Waals surface area (Å²) in [6, 6.07) is 4.09. The van der Waals surface area contributed by atoms with E-state index in [9.17, 15) is 14.7 Å². The number of carboxylic acids is 1. The van der Waals surface area contributed by atoms with Gasteiger partial charge in [-0.25, -0.2) is 4.79 Å². The van der Waals surface area contributed by atoms with E-state index in [2.05, 4.69) is 10.4 Å². The minimum atomic E-state index is -1.27. The van der Waals surface area contributed by atoms with Crippen LogP contribution in [0.1, 0.15) is 20.7 Å². The number of hydrogen-bond acceptors (Lipinski definition) is 4. The lowest BCUT2D eigenvalue weighted by Gasteiger charge is -2.07. The number of para-hydroxylation sites is 1. The number of phenols is 1. The first-order chi connectivity index (χ1) is 8.99. The third-order valence-corrected chi connectivity index (χ3v) is 2.48. The van der Waals surface area contributed by atoms with E-state index in [1.807, 2.05) is 0 Å². The Bertz CT molecular complexity index is 648. The molecule has 2 rings (SSSR count). The van der Waals surface area contributed by atoms with Crippen LogP contribution in [0.4, 0.5) is 5.69 Å². The van der Waals surface area contributed by atoms with Gasteiger partial charge < -0.3 is 15.5 Å². The van der Waals surface area contributed by atoms with Crippen LogP contribution in [-0.2, 0) is 7.05 Å². The first kappa shape index (κ1) is 12.6. The van der Waals surface area contributed by atoms with Crippen molar-refractivity contribution in [2.75, 3.05) is 5.32 Å². The van der Waals surface area contributed by atoms with Gasteiger partial charge in [-0.1, -0.05) is 6.07 Å². The largest absolute Gasteiger partial charge is 0.505 e. The maximum absolute atomic E-state index is 11.8. The molecule has 1 amide bonds. The first-order valence-corrected chi connectivity index (χ1v) is 5.34. The number of hydrogen-bond donors (Lipinski definition) is 3. The Balaban J connectivity index is 2.27. The van der Waals surface area contributed by atoms with Gasteiger partial charge in [0.2, 0.25) is 0 Å². The van der Waals surface area contributed by atoms with Gasteiger partial charge in [-0.3, -0.25) is 9.48 Å². The van der Waals surface area contributed by atoms with Crippen LogP contribution in [0.15, 0.2) is 30.6 Å². The summed E-state index contributed by atoms with van der Waals surface area (Å²) >= 11 is 0. The lowest BCUT2D eigenvalue weighted by Crippen LogP contribution is -2.12. The summed E-state index contributed by atoms with van der Waals surface area (Å²) in [5.74, 6) is -2.23. The zero-order valence-corrected chi connectivity index (χ0v) is 9.99. The maximum Gasteiger partial charge on any atom is 0.339 e. The molecule has 0 atom stereocenters. The lowest BCUT2D eigenvalue weighted by molar-refractivity contribution is 0.0693. The van der Waals surface area contributed by atoms with E-state index in [0.29, 0.717) is 5.56 Å². The highest BCUT2D eigenvalue weighted by atomic mass is 16.4. The van der Waals surface area contributed by atoms with Crippen LogP contribution >= 0.6 is 0 Å². The van der Waals surface area contributed by atoms with Gasteiger partial charge in [-0.15, -0.1) is 0 Å². The van der Waals surface area contributed by atoms with Crippen LogP contribution < -0.4 is 5.32 Å². The van der Waals surface area contributed by atoms with E-state index < -0.39 is 17.6 Å². The van der Waals surface area contributed by atoms with Gasteiger partial charge in [0.25, 0.3) is 5.91 Å². The molecule has 7 heteroatoms. The Hall–Kier alpha value is -2.83. The van der Waals surface area contributed by atoms with E-state index >= 15 is 0 Å². The molecule has 0 spiro atoms. The minimum absolute atomic E-state index is 0.0359. The summed E-state index contributed by atoms with van der Waals surface area (Å²) in [7, 11) is 1.67. The lowest BCUT2D eigenvalue weighted by atomic mass is 10.1. The molecule has 0 bridgehead atoms. The highest BCUT2D eigenvalue weighted by molar-refractivity contribution is 6.06. The van der Waals surface area contributed by atoms with Crippen LogP contribution in [0.5, 0.6) is 5.75 Å². The second-order valence-corrected chi connectivity index (χ2v) is 3.86. The Labute approximate surface area is 108 Å². The van der Waals surface area contributed by atoms with E-state index in [1.165, 1.54) is 35.3 Å². The second kappa shape index (κ2) is 4.81. The van der Waals surface area contributed by atoms with Gasteiger partial charge in [-0.2, -0.15) is 5.10 Å². The molecule has 7 nitrogen and oxygen atoms in total. The van der Waals surface area contributed by atoms with Crippen molar-refractivity contribution in [1.29, 1.82) is 0 Å². The average molecular weight is 261 g/mol. The molecule has 0 fully saturated rings. The fourth-order valence-electron chi connectivity index (χ4n) is 1.55. The number of carbonyl (C=O) groups is 2. The van der Waals surface area contributed by atoms with Crippen molar-refractivity contribution in [3.63, 3.8) is 0 Å². The smallest absolute Gasteiger partial charge is 0.339 e. The normalized spacial score (nSPS) is 10.2. The molecule has 1 aromatic carbocycles. The van der Waals surface area contributed by atoms with Crippen molar-refractivity contribution < 1.29 is 19.8 Å². The number of carboxylic acid groups (broad SMARTS) is 1. The van der Waals surface area contributed by atoms with Gasteiger partial charge in [0.05, 0.1) is 17.4 Å². The Kier molecular flexibility index (Phi) is 3.19. The van der Waals surface area contributed by atoms with Crippen LogP contribution in [-0.4, -0.2) is 31.9 Å². The van der Waals surface area contributed by atoms with Gasteiger partial charge in [0.1, 0.15) is 5.56 Å². The van der Waals surface area contributed by atoms with Crippen LogP contribution in [0, 0.1) is 0 Å². The summed E-state index contributed by atoms with van der Waals surface area (Å²) in [6.07, 6.45) is 2.88. The molecule has 98 valence electrons. The summed E-state index contributed by atoms with van der Waals surface area (Å²) in [5, 5.41) is 24.9. The highest BCUT2D eigenvalue weighted by Gasteiger charge is 2.15. The van der Waals surface area contributed by atoms with Crippen molar-refractivity contribution in [3.8, 4) is 5.75 Å². The standard InChI is InChI=1S/C12H11N3O4/c1-15-6-7(5-13-15)11(17)14-9-4-2-3-8(10(9)16)12(18)19/h2-6,16H,1H3,(H,14,17)(H,18,19). The van der Waals surface area contributed by atoms with E-state index in [4.69, 9.17) is 5.11 Å². The minimum Gasteiger partial charge on any atom is -0.505 e.